The van der Waals surface area contributed by atoms with E-state index in [1.807, 2.05) is 0 Å². The monoisotopic (exact) mass is 283 g/mol. The van der Waals surface area contributed by atoms with E-state index in [4.69, 9.17) is 4.84 Å². The highest BCUT2D eigenvalue weighted by Crippen LogP contribution is 2.33. The third kappa shape index (κ3) is 2.63. The Hall–Kier alpha value is -1.63. The van der Waals surface area contributed by atoms with Crippen molar-refractivity contribution in [2.75, 3.05) is 20.7 Å². The molecule has 2 aliphatic rings. The molecule has 1 N–H and O–H groups in total. The maximum absolute atomic E-state index is 12.4. The van der Waals surface area contributed by atoms with Crippen molar-refractivity contribution in [3.8, 4) is 0 Å². The standard InChI is InChI=1S/C13H21N3O4/c1-15(20-2)10(17)6-9-16-11(18)13(14-12(16)19)7-4-3-5-8-13/h3-9H2,1-2H3,(H,14,19). The molecule has 0 aromatic heterocycles. The number of rotatable bonds is 4. The van der Waals surface area contributed by atoms with Crippen LogP contribution in [0, 0.1) is 0 Å². The summed E-state index contributed by atoms with van der Waals surface area (Å²) in [5.74, 6) is -0.451. The molecule has 1 spiro atoms. The van der Waals surface area contributed by atoms with Crippen molar-refractivity contribution in [3.63, 3.8) is 0 Å². The molecule has 1 aliphatic carbocycles. The molecule has 7 nitrogen and oxygen atoms in total. The van der Waals surface area contributed by atoms with E-state index in [0.29, 0.717) is 12.8 Å². The number of nitrogens with one attached hydrogen (secondary N) is 1. The van der Waals surface area contributed by atoms with E-state index < -0.39 is 5.54 Å². The molecule has 4 amide bonds. The predicted molar refractivity (Wildman–Crippen MR) is 70.5 cm³/mol. The van der Waals surface area contributed by atoms with Crippen LogP contribution >= 0.6 is 0 Å². The molecule has 0 radical (unpaired) electrons. The van der Waals surface area contributed by atoms with Crippen molar-refractivity contribution in [3.05, 3.63) is 0 Å². The van der Waals surface area contributed by atoms with Gasteiger partial charge in [-0.15, -0.1) is 0 Å². The Balaban J connectivity index is 1.97. The first kappa shape index (κ1) is 14.8. The smallest absolute Gasteiger partial charge is 0.323 e. The highest BCUT2D eigenvalue weighted by Gasteiger charge is 2.51. The van der Waals surface area contributed by atoms with Crippen molar-refractivity contribution < 1.29 is 19.2 Å². The van der Waals surface area contributed by atoms with Gasteiger partial charge in [0.25, 0.3) is 5.91 Å². The van der Waals surface area contributed by atoms with E-state index >= 15 is 0 Å². The highest BCUT2D eigenvalue weighted by molar-refractivity contribution is 6.07. The van der Waals surface area contributed by atoms with Crippen molar-refractivity contribution >= 4 is 17.8 Å². The van der Waals surface area contributed by atoms with Gasteiger partial charge >= 0.3 is 6.03 Å². The average molecular weight is 283 g/mol. The maximum atomic E-state index is 12.4. The van der Waals surface area contributed by atoms with Gasteiger partial charge in [0.15, 0.2) is 0 Å². The molecule has 0 unspecified atom stereocenters. The largest absolute Gasteiger partial charge is 0.325 e. The van der Waals surface area contributed by atoms with Gasteiger partial charge in [0, 0.05) is 20.0 Å². The van der Waals surface area contributed by atoms with Crippen LogP contribution in [-0.2, 0) is 14.4 Å². The molecular formula is C13H21N3O4. The number of imide groups is 1. The number of hydrogen-bond donors (Lipinski definition) is 1. The van der Waals surface area contributed by atoms with Gasteiger partial charge in [-0.05, 0) is 12.8 Å². The topological polar surface area (TPSA) is 79.0 Å². The molecule has 20 heavy (non-hydrogen) atoms. The summed E-state index contributed by atoms with van der Waals surface area (Å²) in [6.45, 7) is 0.0962. The zero-order valence-corrected chi connectivity index (χ0v) is 12.0. The van der Waals surface area contributed by atoms with Gasteiger partial charge in [-0.2, -0.15) is 0 Å². The fourth-order valence-corrected chi connectivity index (χ4v) is 2.84. The Morgan fingerprint density at radius 2 is 2.00 bits per heavy atom. The molecule has 0 aromatic carbocycles. The van der Waals surface area contributed by atoms with Gasteiger partial charge < -0.3 is 5.32 Å². The summed E-state index contributed by atoms with van der Waals surface area (Å²) in [6, 6.07) is -0.384. The summed E-state index contributed by atoms with van der Waals surface area (Å²) >= 11 is 0. The van der Waals surface area contributed by atoms with Gasteiger partial charge in [0.2, 0.25) is 5.91 Å². The number of amides is 4. The summed E-state index contributed by atoms with van der Waals surface area (Å²) in [6.07, 6.45) is 4.46. The van der Waals surface area contributed by atoms with Crippen LogP contribution in [0.15, 0.2) is 0 Å². The molecule has 112 valence electrons. The molecule has 1 saturated carbocycles. The van der Waals surface area contributed by atoms with Crippen molar-refractivity contribution in [1.29, 1.82) is 0 Å². The van der Waals surface area contributed by atoms with Crippen LogP contribution in [0.25, 0.3) is 0 Å². The maximum Gasteiger partial charge on any atom is 0.325 e. The molecule has 2 fully saturated rings. The Bertz CT molecular complexity index is 418. The zero-order valence-electron chi connectivity index (χ0n) is 12.0. The van der Waals surface area contributed by atoms with Crippen molar-refractivity contribution in [2.24, 2.45) is 0 Å². The second kappa shape index (κ2) is 5.78. The number of hydroxylamine groups is 2. The second-order valence-electron chi connectivity index (χ2n) is 5.35. The minimum Gasteiger partial charge on any atom is -0.323 e. The number of carbonyl (C=O) groups excluding carboxylic acids is 3. The van der Waals surface area contributed by atoms with Crippen LogP contribution in [0.2, 0.25) is 0 Å². The minimum absolute atomic E-state index is 0.0690. The second-order valence-corrected chi connectivity index (χ2v) is 5.35. The third-order valence-electron chi connectivity index (χ3n) is 4.13. The lowest BCUT2D eigenvalue weighted by Gasteiger charge is -2.30. The molecule has 2 rings (SSSR count). The number of hydrogen-bond acceptors (Lipinski definition) is 4. The predicted octanol–water partition coefficient (Wildman–Crippen LogP) is 0.651. The van der Waals surface area contributed by atoms with E-state index in [1.165, 1.54) is 14.2 Å². The zero-order chi connectivity index (χ0) is 14.8. The first-order chi connectivity index (χ1) is 9.50. The van der Waals surface area contributed by atoms with E-state index in [1.54, 1.807) is 0 Å². The molecule has 1 aliphatic heterocycles. The van der Waals surface area contributed by atoms with E-state index in [-0.39, 0.29) is 30.8 Å². The molecule has 7 heteroatoms. The Morgan fingerprint density at radius 3 is 2.60 bits per heavy atom. The highest BCUT2D eigenvalue weighted by atomic mass is 16.7. The molecule has 0 atom stereocenters. The van der Waals surface area contributed by atoms with Crippen LogP contribution in [0.5, 0.6) is 0 Å². The number of carbonyl (C=O) groups is 3. The number of urea groups is 1. The Morgan fingerprint density at radius 1 is 1.35 bits per heavy atom. The van der Waals surface area contributed by atoms with E-state index in [0.717, 1.165) is 29.2 Å². The quantitative estimate of drug-likeness (QED) is 0.607. The van der Waals surface area contributed by atoms with Crippen LogP contribution in [-0.4, -0.2) is 54.0 Å². The van der Waals surface area contributed by atoms with Gasteiger partial charge in [-0.1, -0.05) is 19.3 Å². The normalized spacial score (nSPS) is 21.2. The summed E-state index contributed by atoms with van der Waals surface area (Å²) in [5, 5.41) is 3.91. The molecule has 1 heterocycles. The lowest BCUT2D eigenvalue weighted by Crippen LogP contribution is -2.48. The molecule has 0 aromatic rings. The van der Waals surface area contributed by atoms with E-state index in [9.17, 15) is 14.4 Å². The summed E-state index contributed by atoms with van der Waals surface area (Å²) in [5.41, 5.74) is -0.717. The average Bonchev–Trinajstić information content (AvgIpc) is 2.67. The van der Waals surface area contributed by atoms with Crippen LogP contribution in [0.3, 0.4) is 0 Å². The van der Waals surface area contributed by atoms with Crippen molar-refractivity contribution in [2.45, 2.75) is 44.1 Å². The van der Waals surface area contributed by atoms with Gasteiger partial charge in [-0.25, -0.2) is 9.86 Å². The van der Waals surface area contributed by atoms with Gasteiger partial charge in [0.05, 0.1) is 7.11 Å². The molecule has 0 bridgehead atoms. The van der Waals surface area contributed by atoms with Crippen molar-refractivity contribution in [1.82, 2.24) is 15.3 Å². The van der Waals surface area contributed by atoms with Gasteiger partial charge in [-0.3, -0.25) is 19.3 Å². The Labute approximate surface area is 118 Å². The number of nitrogens with zero attached hydrogens (tertiary/aromatic N) is 2. The van der Waals surface area contributed by atoms with E-state index in [2.05, 4.69) is 5.32 Å². The fraction of sp³-hybridized carbons (Fsp3) is 0.769. The summed E-state index contributed by atoms with van der Waals surface area (Å²) < 4.78 is 0. The van der Waals surface area contributed by atoms with Crippen LogP contribution in [0.4, 0.5) is 4.79 Å². The molecular weight excluding hydrogens is 262 g/mol. The first-order valence-corrected chi connectivity index (χ1v) is 6.95. The lowest BCUT2D eigenvalue weighted by molar-refractivity contribution is -0.168. The van der Waals surface area contributed by atoms with Crippen LogP contribution < -0.4 is 5.32 Å². The van der Waals surface area contributed by atoms with Crippen LogP contribution in [0.1, 0.15) is 38.5 Å². The first-order valence-electron chi connectivity index (χ1n) is 6.95. The van der Waals surface area contributed by atoms with Gasteiger partial charge in [0.1, 0.15) is 5.54 Å². The minimum atomic E-state index is -0.717. The SMILES string of the molecule is CON(C)C(=O)CCN1C(=O)NC2(CCCCC2)C1=O. The Kier molecular flexibility index (Phi) is 4.27. The summed E-state index contributed by atoms with van der Waals surface area (Å²) in [7, 11) is 2.89. The summed E-state index contributed by atoms with van der Waals surface area (Å²) in [4.78, 5) is 42.0. The lowest BCUT2D eigenvalue weighted by atomic mass is 9.82. The third-order valence-corrected chi connectivity index (χ3v) is 4.13. The fourth-order valence-electron chi connectivity index (χ4n) is 2.84. The molecule has 1 saturated heterocycles.